The number of fused-ring (bicyclic) bond motifs is 3. The minimum atomic E-state index is -0.0239. The molecule has 104 valence electrons. The maximum Gasteiger partial charge on any atom is 0.251 e. The number of carbonyl (C=O) groups is 1. The van der Waals surface area contributed by atoms with Crippen molar-refractivity contribution in [2.75, 3.05) is 6.54 Å². The first kappa shape index (κ1) is 12.2. The van der Waals surface area contributed by atoms with Gasteiger partial charge in [0, 0.05) is 36.6 Å². The van der Waals surface area contributed by atoms with Gasteiger partial charge in [-0.05, 0) is 30.9 Å². The van der Waals surface area contributed by atoms with Crippen molar-refractivity contribution in [2.45, 2.75) is 24.9 Å². The fourth-order valence-electron chi connectivity index (χ4n) is 3.36. The summed E-state index contributed by atoms with van der Waals surface area (Å²) in [6, 6.07) is 4.45. The molecule has 0 spiro atoms. The Morgan fingerprint density at radius 3 is 3.15 bits per heavy atom. The van der Waals surface area contributed by atoms with Crippen LogP contribution in [0.2, 0.25) is 5.15 Å². The summed E-state index contributed by atoms with van der Waals surface area (Å²) in [4.78, 5) is 16.5. The van der Waals surface area contributed by atoms with Crippen molar-refractivity contribution in [1.29, 1.82) is 0 Å². The van der Waals surface area contributed by atoms with Gasteiger partial charge in [-0.2, -0.15) is 0 Å². The lowest BCUT2D eigenvalue weighted by atomic mass is 10.0. The number of rotatable bonds is 2. The van der Waals surface area contributed by atoms with E-state index in [0.717, 1.165) is 13.0 Å². The van der Waals surface area contributed by atoms with Crippen LogP contribution in [0.3, 0.4) is 0 Å². The molecule has 2 aromatic rings. The van der Waals surface area contributed by atoms with Crippen LogP contribution in [-0.4, -0.2) is 33.9 Å². The molecule has 2 aromatic heterocycles. The van der Waals surface area contributed by atoms with Crippen LogP contribution in [0.5, 0.6) is 0 Å². The summed E-state index contributed by atoms with van der Waals surface area (Å²) < 4.78 is 1.81. The maximum absolute atomic E-state index is 12.3. The number of hydrogen-bond acceptors (Lipinski definition) is 3. The molecule has 0 radical (unpaired) electrons. The Kier molecular flexibility index (Phi) is 2.72. The number of carbonyl (C=O) groups excluding carboxylic acids is 1. The van der Waals surface area contributed by atoms with E-state index in [2.05, 4.69) is 15.6 Å². The van der Waals surface area contributed by atoms with Gasteiger partial charge >= 0.3 is 0 Å². The molecule has 1 saturated heterocycles. The lowest BCUT2D eigenvalue weighted by Gasteiger charge is -2.23. The van der Waals surface area contributed by atoms with Gasteiger partial charge in [-0.1, -0.05) is 11.6 Å². The predicted octanol–water partition coefficient (Wildman–Crippen LogP) is 1.47. The highest BCUT2D eigenvalue weighted by atomic mass is 35.5. The highest BCUT2D eigenvalue weighted by Gasteiger charge is 2.40. The van der Waals surface area contributed by atoms with Gasteiger partial charge in [-0.3, -0.25) is 4.79 Å². The summed E-state index contributed by atoms with van der Waals surface area (Å²) in [6.45, 7) is 1.02. The molecule has 20 heavy (non-hydrogen) atoms. The highest BCUT2D eigenvalue weighted by molar-refractivity contribution is 6.29. The smallest absolute Gasteiger partial charge is 0.251 e. The lowest BCUT2D eigenvalue weighted by molar-refractivity contribution is 0.0925. The van der Waals surface area contributed by atoms with Crippen molar-refractivity contribution < 1.29 is 4.79 Å². The SMILES string of the molecule is O=C(NC1CC2CC1CN2)c1ccn2cc(Cl)nc2c1. The van der Waals surface area contributed by atoms with Gasteiger partial charge in [0.25, 0.3) is 5.91 Å². The molecule has 2 N–H and O–H groups in total. The van der Waals surface area contributed by atoms with Crippen LogP contribution in [-0.2, 0) is 0 Å². The molecule has 1 saturated carbocycles. The average Bonchev–Trinajstić information content (AvgIpc) is 3.10. The zero-order chi connectivity index (χ0) is 13.7. The fourth-order valence-corrected chi connectivity index (χ4v) is 3.55. The molecule has 1 amide bonds. The van der Waals surface area contributed by atoms with E-state index in [1.165, 1.54) is 6.42 Å². The minimum absolute atomic E-state index is 0.0239. The van der Waals surface area contributed by atoms with E-state index in [4.69, 9.17) is 11.6 Å². The molecule has 1 aliphatic heterocycles. The molecule has 6 heteroatoms. The van der Waals surface area contributed by atoms with Crippen molar-refractivity contribution in [1.82, 2.24) is 20.0 Å². The number of nitrogens with one attached hydrogen (secondary N) is 2. The quantitative estimate of drug-likeness (QED) is 0.880. The van der Waals surface area contributed by atoms with Crippen molar-refractivity contribution in [3.05, 3.63) is 35.2 Å². The molecular weight excluding hydrogens is 276 g/mol. The third-order valence-corrected chi connectivity index (χ3v) is 4.56. The summed E-state index contributed by atoms with van der Waals surface area (Å²) in [5.74, 6) is 0.553. The normalized spacial score (nSPS) is 28.1. The molecule has 4 rings (SSSR count). The Morgan fingerprint density at radius 2 is 2.40 bits per heavy atom. The fraction of sp³-hybridized carbons (Fsp3) is 0.429. The Labute approximate surface area is 121 Å². The number of imidazole rings is 1. The van der Waals surface area contributed by atoms with Crippen molar-refractivity contribution in [3.8, 4) is 0 Å². The lowest BCUT2D eigenvalue weighted by Crippen LogP contribution is -2.44. The van der Waals surface area contributed by atoms with E-state index in [9.17, 15) is 4.79 Å². The van der Waals surface area contributed by atoms with Gasteiger partial charge in [0.05, 0.1) is 0 Å². The van der Waals surface area contributed by atoms with Crippen LogP contribution in [0.25, 0.3) is 5.65 Å². The standard InChI is InChI=1S/C14H15ClN4O/c15-12-7-19-2-1-8(4-13(19)18-12)14(20)17-11-5-10-3-9(11)6-16-10/h1-2,4,7,9-11,16H,3,5-6H2,(H,17,20). The molecular formula is C14H15ClN4O. The second kappa shape index (κ2) is 4.46. The first-order valence-electron chi connectivity index (χ1n) is 6.87. The summed E-state index contributed by atoms with van der Waals surface area (Å²) >= 11 is 5.86. The van der Waals surface area contributed by atoms with Gasteiger partial charge in [0.15, 0.2) is 0 Å². The zero-order valence-corrected chi connectivity index (χ0v) is 11.6. The second-order valence-corrected chi connectivity index (χ2v) is 6.05. The number of hydrogen-bond donors (Lipinski definition) is 2. The van der Waals surface area contributed by atoms with Crippen LogP contribution in [0.15, 0.2) is 24.5 Å². The van der Waals surface area contributed by atoms with E-state index in [0.29, 0.717) is 34.4 Å². The summed E-state index contributed by atoms with van der Waals surface area (Å²) in [5.41, 5.74) is 1.33. The van der Waals surface area contributed by atoms with Crippen LogP contribution in [0.1, 0.15) is 23.2 Å². The van der Waals surface area contributed by atoms with Crippen LogP contribution in [0.4, 0.5) is 0 Å². The van der Waals surface area contributed by atoms with E-state index < -0.39 is 0 Å². The number of piperidine rings is 1. The summed E-state index contributed by atoms with van der Waals surface area (Å²) in [7, 11) is 0. The number of pyridine rings is 1. The van der Waals surface area contributed by atoms with Gasteiger partial charge < -0.3 is 15.0 Å². The van der Waals surface area contributed by atoms with E-state index in [-0.39, 0.29) is 5.91 Å². The minimum Gasteiger partial charge on any atom is -0.349 e. The van der Waals surface area contributed by atoms with Crippen LogP contribution < -0.4 is 10.6 Å². The van der Waals surface area contributed by atoms with Crippen molar-refractivity contribution in [2.24, 2.45) is 5.92 Å². The van der Waals surface area contributed by atoms with Crippen molar-refractivity contribution in [3.63, 3.8) is 0 Å². The van der Waals surface area contributed by atoms with E-state index >= 15 is 0 Å². The summed E-state index contributed by atoms with van der Waals surface area (Å²) in [5, 5.41) is 7.03. The third-order valence-electron chi connectivity index (χ3n) is 4.37. The van der Waals surface area contributed by atoms with Crippen LogP contribution in [0, 0.1) is 5.92 Å². The monoisotopic (exact) mass is 290 g/mol. The van der Waals surface area contributed by atoms with E-state index in [1.807, 2.05) is 6.20 Å². The molecule has 2 bridgehead atoms. The largest absolute Gasteiger partial charge is 0.349 e. The van der Waals surface area contributed by atoms with Crippen molar-refractivity contribution >= 4 is 23.2 Å². The van der Waals surface area contributed by atoms with Gasteiger partial charge in [0.1, 0.15) is 10.8 Å². The number of nitrogens with zero attached hydrogens (tertiary/aromatic N) is 2. The second-order valence-electron chi connectivity index (χ2n) is 5.66. The Bertz CT molecular complexity index is 683. The van der Waals surface area contributed by atoms with Gasteiger partial charge in [-0.25, -0.2) is 4.98 Å². The van der Waals surface area contributed by atoms with E-state index in [1.54, 1.807) is 22.7 Å². The molecule has 5 nitrogen and oxygen atoms in total. The summed E-state index contributed by atoms with van der Waals surface area (Å²) in [6.07, 6.45) is 5.75. The molecule has 2 aliphatic rings. The maximum atomic E-state index is 12.3. The van der Waals surface area contributed by atoms with Gasteiger partial charge in [0.2, 0.25) is 0 Å². The zero-order valence-electron chi connectivity index (χ0n) is 10.8. The Hall–Kier alpha value is -1.59. The first-order valence-corrected chi connectivity index (χ1v) is 7.25. The average molecular weight is 291 g/mol. The highest BCUT2D eigenvalue weighted by Crippen LogP contribution is 2.31. The molecule has 2 fully saturated rings. The molecule has 0 aromatic carbocycles. The Morgan fingerprint density at radius 1 is 1.50 bits per heavy atom. The molecule has 3 unspecified atom stereocenters. The Balaban J connectivity index is 1.54. The number of amides is 1. The topological polar surface area (TPSA) is 58.4 Å². The third kappa shape index (κ3) is 1.98. The first-order chi connectivity index (χ1) is 9.69. The van der Waals surface area contributed by atoms with Crippen LogP contribution >= 0.6 is 11.6 Å². The number of halogens is 1. The molecule has 3 atom stereocenters. The molecule has 1 aliphatic carbocycles. The predicted molar refractivity (Wildman–Crippen MR) is 76.0 cm³/mol. The molecule has 3 heterocycles. The van der Waals surface area contributed by atoms with Gasteiger partial charge in [-0.15, -0.1) is 0 Å². The number of aromatic nitrogens is 2.